The molecule has 2 aromatic carbocycles. The van der Waals surface area contributed by atoms with Gasteiger partial charge in [0.1, 0.15) is 0 Å². The number of carbonyl (C=O) groups excluding carboxylic acids is 2. The van der Waals surface area contributed by atoms with E-state index in [0.717, 1.165) is 30.5 Å². The third kappa shape index (κ3) is 3.20. The van der Waals surface area contributed by atoms with Crippen molar-refractivity contribution in [2.75, 3.05) is 20.2 Å². The van der Waals surface area contributed by atoms with Crippen LogP contribution >= 0.6 is 0 Å². The van der Waals surface area contributed by atoms with Crippen molar-refractivity contribution in [3.05, 3.63) is 70.3 Å². The molecule has 1 saturated carbocycles. The lowest BCUT2D eigenvalue weighted by atomic mass is 9.49. The lowest BCUT2D eigenvalue weighted by Crippen LogP contribution is -2.76. The van der Waals surface area contributed by atoms with E-state index in [2.05, 4.69) is 35.2 Å². The minimum absolute atomic E-state index is 0.00730. The monoisotopic (exact) mass is 501 g/mol. The number of carbonyl (C=O) groups is 2. The van der Waals surface area contributed by atoms with Gasteiger partial charge in [0.2, 0.25) is 0 Å². The molecule has 4 atom stereocenters. The second kappa shape index (κ2) is 8.17. The van der Waals surface area contributed by atoms with Gasteiger partial charge in [-0.2, -0.15) is 0 Å². The number of allylic oxidation sites excluding steroid dienone is 1. The zero-order valence-corrected chi connectivity index (χ0v) is 21.0. The molecule has 192 valence electrons. The Balaban J connectivity index is 1.10. The maximum Gasteiger partial charge on any atom is 0.513 e. The molecule has 7 nitrogen and oxygen atoms in total. The molecule has 2 bridgehead atoms. The van der Waals surface area contributed by atoms with Crippen molar-refractivity contribution >= 4 is 11.9 Å². The van der Waals surface area contributed by atoms with Gasteiger partial charge in [-0.3, -0.25) is 4.79 Å². The van der Waals surface area contributed by atoms with Gasteiger partial charge in [-0.25, -0.2) is 4.79 Å². The lowest BCUT2D eigenvalue weighted by molar-refractivity contribution is -0.185. The Hall–Kier alpha value is -3.16. The molecular formula is C30H31NO6. The number of ether oxygens (including phenoxy) is 3. The van der Waals surface area contributed by atoms with Gasteiger partial charge in [-0.05, 0) is 68.5 Å². The van der Waals surface area contributed by atoms with Crippen molar-refractivity contribution in [2.24, 2.45) is 0 Å². The zero-order chi connectivity index (χ0) is 25.4. The number of piperidine rings is 1. The summed E-state index contributed by atoms with van der Waals surface area (Å²) in [6.07, 6.45) is 5.10. The number of hydrogen-bond donors (Lipinski definition) is 1. The van der Waals surface area contributed by atoms with Crippen LogP contribution in [0, 0.1) is 0 Å². The summed E-state index contributed by atoms with van der Waals surface area (Å²) < 4.78 is 17.4. The van der Waals surface area contributed by atoms with Gasteiger partial charge in [-0.15, -0.1) is 0 Å². The predicted molar refractivity (Wildman–Crippen MR) is 135 cm³/mol. The predicted octanol–water partition coefficient (Wildman–Crippen LogP) is 3.67. The number of aliphatic hydroxyl groups is 1. The van der Waals surface area contributed by atoms with Crippen LogP contribution in [0.4, 0.5) is 4.79 Å². The molecule has 2 aliphatic heterocycles. The molecule has 7 rings (SSSR count). The average Bonchev–Trinajstić information content (AvgIpc) is 3.26. The first kappa shape index (κ1) is 23.0. The molecule has 5 aliphatic rings. The molecule has 3 aliphatic carbocycles. The largest absolute Gasteiger partial charge is 0.513 e. The van der Waals surface area contributed by atoms with Crippen LogP contribution in [0.3, 0.4) is 0 Å². The van der Waals surface area contributed by atoms with E-state index in [0.29, 0.717) is 31.4 Å². The highest BCUT2D eigenvalue weighted by molar-refractivity contribution is 5.90. The van der Waals surface area contributed by atoms with Crippen molar-refractivity contribution in [3.63, 3.8) is 0 Å². The molecule has 37 heavy (non-hydrogen) atoms. The fraction of sp³-hybridized carbons (Fsp3) is 0.467. The van der Waals surface area contributed by atoms with E-state index in [1.807, 2.05) is 13.1 Å². The summed E-state index contributed by atoms with van der Waals surface area (Å²) in [5, 5.41) is 12.1. The van der Waals surface area contributed by atoms with Crippen molar-refractivity contribution in [3.8, 4) is 11.5 Å². The molecule has 2 fully saturated rings. The first-order chi connectivity index (χ1) is 17.9. The van der Waals surface area contributed by atoms with E-state index in [1.165, 1.54) is 16.7 Å². The molecule has 1 spiro atoms. The van der Waals surface area contributed by atoms with Crippen LogP contribution in [0.15, 0.2) is 48.0 Å². The quantitative estimate of drug-likeness (QED) is 0.389. The number of hydrogen-bond acceptors (Lipinski definition) is 7. The number of nitrogens with zero attached hydrogens (tertiary/aromatic N) is 1. The van der Waals surface area contributed by atoms with Crippen molar-refractivity contribution in [1.82, 2.24) is 4.90 Å². The summed E-state index contributed by atoms with van der Waals surface area (Å²) in [5.41, 5.74) is 3.98. The van der Waals surface area contributed by atoms with E-state index in [4.69, 9.17) is 14.2 Å². The Morgan fingerprint density at radius 2 is 2.00 bits per heavy atom. The lowest BCUT2D eigenvalue weighted by Gasteiger charge is -2.61. The van der Waals surface area contributed by atoms with Crippen LogP contribution in [0.5, 0.6) is 11.5 Å². The maximum absolute atomic E-state index is 13.1. The highest BCUT2D eigenvalue weighted by Gasteiger charge is 2.72. The van der Waals surface area contributed by atoms with E-state index in [1.54, 1.807) is 6.07 Å². The summed E-state index contributed by atoms with van der Waals surface area (Å²) in [6.45, 7) is 0.999. The van der Waals surface area contributed by atoms with Gasteiger partial charge >= 0.3 is 6.16 Å². The molecule has 4 unspecified atom stereocenters. The molecule has 2 aromatic rings. The van der Waals surface area contributed by atoms with Gasteiger partial charge in [0.05, 0.1) is 17.6 Å². The van der Waals surface area contributed by atoms with Crippen LogP contribution in [0.1, 0.15) is 47.9 Å². The number of likely N-dealkylation sites (N-methyl/N-ethyl adjacent to an activating group) is 1. The zero-order valence-electron chi connectivity index (χ0n) is 21.0. The standard InChI is InChI=1S/C30H31NO6/c1-31-14-13-29-25-21-8-9-23(26(25)37-27(29)22(32)10-12-30(29,34)24(31)17-21)36-28(33)35-15-11-18-6-7-19-4-2-3-5-20(19)16-18/h2-6,8-9,24,27,34H,7,10-17H2,1H3. The maximum atomic E-state index is 13.1. The second-order valence-electron chi connectivity index (χ2n) is 11.2. The molecule has 1 saturated heterocycles. The Morgan fingerprint density at radius 1 is 1.16 bits per heavy atom. The average molecular weight is 502 g/mol. The topological polar surface area (TPSA) is 85.3 Å². The van der Waals surface area contributed by atoms with Gasteiger partial charge < -0.3 is 24.2 Å². The molecule has 0 radical (unpaired) electrons. The van der Waals surface area contributed by atoms with Crippen molar-refractivity contribution in [1.29, 1.82) is 0 Å². The van der Waals surface area contributed by atoms with Crippen molar-refractivity contribution in [2.45, 2.75) is 68.1 Å². The number of ketones is 1. The summed E-state index contributed by atoms with van der Waals surface area (Å²) in [5.74, 6) is 0.682. The first-order valence-corrected chi connectivity index (χ1v) is 13.3. The Kier molecular flexibility index (Phi) is 5.08. The molecule has 7 heteroatoms. The number of fused-ring (bicyclic) bond motifs is 1. The fourth-order valence-electron chi connectivity index (χ4n) is 7.68. The summed E-state index contributed by atoms with van der Waals surface area (Å²) >= 11 is 0. The number of rotatable bonds is 4. The minimum atomic E-state index is -1.05. The Bertz CT molecular complexity index is 1350. The second-order valence-corrected chi connectivity index (χ2v) is 11.2. The fourth-order valence-corrected chi connectivity index (χ4v) is 7.68. The third-order valence-corrected chi connectivity index (χ3v) is 9.49. The molecule has 0 aromatic heterocycles. The van der Waals surface area contributed by atoms with Crippen LogP contribution in [-0.4, -0.2) is 59.9 Å². The number of Topliss-reactive ketones (excluding diaryl/α,β-unsaturated/α-hetero) is 1. The van der Waals surface area contributed by atoms with Crippen LogP contribution in [0.25, 0.3) is 0 Å². The summed E-state index contributed by atoms with van der Waals surface area (Å²) in [4.78, 5) is 27.9. The van der Waals surface area contributed by atoms with E-state index >= 15 is 0 Å². The third-order valence-electron chi connectivity index (χ3n) is 9.49. The van der Waals surface area contributed by atoms with Crippen LogP contribution in [-0.2, 0) is 34.2 Å². The number of benzene rings is 2. The highest BCUT2D eigenvalue weighted by atomic mass is 16.7. The van der Waals surface area contributed by atoms with Crippen LogP contribution in [0.2, 0.25) is 0 Å². The number of likely N-dealkylation sites (tertiary alicyclic amines) is 1. The first-order valence-electron chi connectivity index (χ1n) is 13.3. The van der Waals surface area contributed by atoms with Crippen molar-refractivity contribution < 1.29 is 28.9 Å². The van der Waals surface area contributed by atoms with Gasteiger partial charge in [-0.1, -0.05) is 42.0 Å². The molecule has 2 heterocycles. The van der Waals surface area contributed by atoms with Crippen LogP contribution < -0.4 is 9.47 Å². The van der Waals surface area contributed by atoms with Gasteiger partial charge in [0.25, 0.3) is 0 Å². The van der Waals surface area contributed by atoms with Gasteiger partial charge in [0.15, 0.2) is 23.4 Å². The molecular weight excluding hydrogens is 470 g/mol. The Labute approximate surface area is 216 Å². The highest BCUT2D eigenvalue weighted by Crippen LogP contribution is 2.64. The summed E-state index contributed by atoms with van der Waals surface area (Å²) in [7, 11) is 2.04. The normalized spacial score (nSPS) is 31.1. The van der Waals surface area contributed by atoms with E-state index in [9.17, 15) is 14.7 Å². The smallest absolute Gasteiger partial charge is 0.477 e. The SMILES string of the molecule is CN1CCC23c4c5ccc(OC(=O)OCCC6=CCc7ccccc7C6)c4OC2C(=O)CCC3(O)C1C5. The van der Waals surface area contributed by atoms with E-state index < -0.39 is 23.3 Å². The molecule has 1 N–H and O–H groups in total. The summed E-state index contributed by atoms with van der Waals surface area (Å²) in [6, 6.07) is 12.0. The Morgan fingerprint density at radius 3 is 2.86 bits per heavy atom. The minimum Gasteiger partial charge on any atom is -0.477 e. The molecule has 0 amide bonds. The van der Waals surface area contributed by atoms with E-state index in [-0.39, 0.29) is 30.6 Å². The van der Waals surface area contributed by atoms with Gasteiger partial charge in [0, 0.05) is 24.4 Å².